The van der Waals surface area contributed by atoms with E-state index in [0.29, 0.717) is 23.0 Å². The molecular weight excluding hydrogens is 710 g/mol. The number of carbonyl (C=O) groups is 5. The van der Waals surface area contributed by atoms with Gasteiger partial charge in [-0.25, -0.2) is 24.2 Å². The summed E-state index contributed by atoms with van der Waals surface area (Å²) in [4.78, 5) is 93.4. The van der Waals surface area contributed by atoms with E-state index in [2.05, 4.69) is 25.1 Å². The average molecular weight is 738 g/mol. The lowest BCUT2D eigenvalue weighted by Crippen LogP contribution is -2.56. The quantitative estimate of drug-likeness (QED) is 0.0649. The third-order valence-corrected chi connectivity index (χ3v) is 9.65. The summed E-state index contributed by atoms with van der Waals surface area (Å²) in [5.74, 6) is -6.34. The van der Waals surface area contributed by atoms with E-state index in [-0.39, 0.29) is 72.3 Å². The van der Waals surface area contributed by atoms with Gasteiger partial charge in [-0.05, 0) is 31.4 Å². The minimum atomic E-state index is -1.97. The van der Waals surface area contributed by atoms with Crippen LogP contribution < -0.4 is 16.9 Å². The van der Waals surface area contributed by atoms with Crippen molar-refractivity contribution in [2.24, 2.45) is 10.4 Å². The highest BCUT2D eigenvalue weighted by Gasteiger charge is 2.44. The summed E-state index contributed by atoms with van der Waals surface area (Å²) < 4.78 is 18.5. The fourth-order valence-electron chi connectivity index (χ4n) is 5.46. The highest BCUT2D eigenvalue weighted by molar-refractivity contribution is 8.00. The number of likely N-dealkylation sites (tertiary alicyclic amines) is 2. The number of aryl methyl sites for hydroxylation is 1. The maximum absolute atomic E-state index is 13.4. The molecule has 6 N–H and O–H groups in total. The lowest BCUT2D eigenvalue weighted by atomic mass is 10.1. The first-order valence-corrected chi connectivity index (χ1v) is 16.2. The Bertz CT molecular complexity index is 1880. The minimum absolute atomic E-state index is 0.0170. The molecule has 3 aliphatic rings. The molecule has 0 saturated carbocycles. The van der Waals surface area contributed by atoms with Crippen LogP contribution in [0.3, 0.4) is 0 Å². The molecule has 0 bridgehead atoms. The number of nitrogens with one attached hydrogen (secondary N) is 1. The molecule has 2 aromatic heterocycles. The van der Waals surface area contributed by atoms with Crippen LogP contribution in [-0.4, -0.2) is 118 Å². The number of thioether (sulfide) groups is 1. The number of carbonyl (C=O) groups excluding carboxylic acids is 3. The number of aliphatic carboxylic acids is 2. The molecule has 5 rings (SSSR count). The van der Waals surface area contributed by atoms with Crippen molar-refractivity contribution < 1.29 is 53.0 Å². The highest BCUT2D eigenvalue weighted by Crippen LogP contribution is 2.36. The molecule has 3 amide bonds. The Morgan fingerprint density at radius 1 is 1.22 bits per heavy atom. The smallest absolute Gasteiger partial charge is 0.480 e. The number of ether oxygens (including phenoxy) is 1. The van der Waals surface area contributed by atoms with Crippen molar-refractivity contribution in [3.05, 3.63) is 55.8 Å². The van der Waals surface area contributed by atoms with Crippen molar-refractivity contribution in [1.82, 2.24) is 29.5 Å². The molecule has 50 heavy (non-hydrogen) atoms. The van der Waals surface area contributed by atoms with Crippen molar-refractivity contribution in [3.8, 4) is 0 Å². The third-order valence-electron chi connectivity index (χ3n) is 7.81. The number of nitrogens with zero attached hydrogens (tertiary/aromatic N) is 7. The Morgan fingerprint density at radius 3 is 2.58 bits per heavy atom. The molecule has 266 valence electrons. The Kier molecular flexibility index (Phi) is 10.5. The van der Waals surface area contributed by atoms with E-state index in [4.69, 9.17) is 19.3 Å². The highest BCUT2D eigenvalue weighted by atomic mass is 32.2. The molecule has 0 spiro atoms. The molecule has 24 heteroatoms. The van der Waals surface area contributed by atoms with Gasteiger partial charge in [0.2, 0.25) is 17.4 Å². The zero-order valence-corrected chi connectivity index (χ0v) is 27.3. The molecule has 0 unspecified atom stereocenters. The van der Waals surface area contributed by atoms with Crippen LogP contribution in [0.25, 0.3) is 0 Å². The summed E-state index contributed by atoms with van der Waals surface area (Å²) in [5.41, 5.74) is 4.17. The first kappa shape index (κ1) is 35.5. The fourth-order valence-corrected chi connectivity index (χ4v) is 7.13. The normalized spacial score (nSPS) is 21.1. The Morgan fingerprint density at radius 2 is 1.98 bits per heavy atom. The van der Waals surface area contributed by atoms with Gasteiger partial charge in [0.1, 0.15) is 5.37 Å². The predicted molar refractivity (Wildman–Crippen MR) is 167 cm³/mol. The SMILES string of the molecule is Cc1oc(=O)oc1COC(=O)N1CC[C@@H](N2CCC(=CC3=C(C(=O)O)N(N=O)[C@@H]([C@H](NC(=O)/C(=N\O)c4nsc(N)n4)C(=O)O)SC3)C2=O)C1. The summed E-state index contributed by atoms with van der Waals surface area (Å²) in [6.45, 7) is 1.83. The summed E-state index contributed by atoms with van der Waals surface area (Å²) in [6.07, 6.45) is 1.24. The molecule has 5 heterocycles. The lowest BCUT2D eigenvalue weighted by Gasteiger charge is -2.35. The van der Waals surface area contributed by atoms with Gasteiger partial charge in [0.05, 0.1) is 11.3 Å². The van der Waals surface area contributed by atoms with Crippen molar-refractivity contribution in [2.75, 3.05) is 31.1 Å². The number of nitrogen functional groups attached to an aromatic ring is 1. The van der Waals surface area contributed by atoms with E-state index in [0.717, 1.165) is 11.8 Å². The van der Waals surface area contributed by atoms with Gasteiger partial charge in [-0.1, -0.05) is 5.16 Å². The second-order valence-electron chi connectivity index (χ2n) is 10.8. The maximum atomic E-state index is 13.4. The van der Waals surface area contributed by atoms with Gasteiger partial charge < -0.3 is 49.8 Å². The topological polar surface area (TPSA) is 314 Å². The van der Waals surface area contributed by atoms with Crippen LogP contribution in [0.15, 0.2) is 47.0 Å². The van der Waals surface area contributed by atoms with Crippen LogP contribution in [0, 0.1) is 11.8 Å². The van der Waals surface area contributed by atoms with Gasteiger partial charge in [-0.15, -0.1) is 16.7 Å². The second-order valence-corrected chi connectivity index (χ2v) is 12.7. The largest absolute Gasteiger partial charge is 0.519 e. The number of carboxylic acid groups (broad SMARTS) is 2. The average Bonchev–Trinajstić information content (AvgIpc) is 3.87. The Balaban J connectivity index is 1.28. The zero-order valence-electron chi connectivity index (χ0n) is 25.7. The fraction of sp³-hybridized carbons (Fsp3) is 0.423. The number of carboxylic acids is 2. The van der Waals surface area contributed by atoms with E-state index in [1.165, 1.54) is 22.8 Å². The molecule has 3 aliphatic heterocycles. The van der Waals surface area contributed by atoms with E-state index < -0.39 is 64.3 Å². The van der Waals surface area contributed by atoms with Crippen LogP contribution in [0.4, 0.5) is 9.93 Å². The molecule has 2 saturated heterocycles. The molecule has 0 radical (unpaired) electrons. The Labute approximate surface area is 287 Å². The van der Waals surface area contributed by atoms with E-state index in [1.807, 2.05) is 0 Å². The number of nitrogens with two attached hydrogens (primary N) is 1. The van der Waals surface area contributed by atoms with E-state index >= 15 is 0 Å². The first-order chi connectivity index (χ1) is 23.8. The van der Waals surface area contributed by atoms with Crippen LogP contribution in [0.2, 0.25) is 0 Å². The molecule has 22 nitrogen and oxygen atoms in total. The van der Waals surface area contributed by atoms with Crippen molar-refractivity contribution in [2.45, 2.75) is 43.8 Å². The second kappa shape index (κ2) is 14.8. The molecule has 2 aromatic rings. The monoisotopic (exact) mass is 737 g/mol. The number of oxime groups is 1. The molecule has 3 atom stereocenters. The lowest BCUT2D eigenvalue weighted by molar-refractivity contribution is -0.142. The first-order valence-electron chi connectivity index (χ1n) is 14.4. The predicted octanol–water partition coefficient (Wildman–Crippen LogP) is -0.313. The Hall–Kier alpha value is -5.78. The molecular formula is C26H27N9O13S2. The summed E-state index contributed by atoms with van der Waals surface area (Å²) >= 11 is 1.42. The number of allylic oxidation sites excluding steroid dienone is 1. The number of aromatic nitrogens is 2. The van der Waals surface area contributed by atoms with Crippen LogP contribution >= 0.6 is 23.3 Å². The number of rotatable bonds is 11. The van der Waals surface area contributed by atoms with Gasteiger partial charge in [-0.3, -0.25) is 9.59 Å². The number of hydrogen-bond donors (Lipinski definition) is 5. The number of hydrogen-bond acceptors (Lipinski definition) is 18. The zero-order chi connectivity index (χ0) is 36.3. The van der Waals surface area contributed by atoms with Crippen molar-refractivity contribution in [3.63, 3.8) is 0 Å². The minimum Gasteiger partial charge on any atom is -0.480 e. The third kappa shape index (κ3) is 7.29. The molecule has 0 aromatic carbocycles. The molecule has 2 fully saturated rings. The number of amides is 3. The van der Waals surface area contributed by atoms with Gasteiger partial charge in [0, 0.05) is 42.5 Å². The number of nitroso groups, excluding NO2 is 1. The van der Waals surface area contributed by atoms with Crippen molar-refractivity contribution in [1.29, 1.82) is 0 Å². The summed E-state index contributed by atoms with van der Waals surface area (Å²) in [6, 6.07) is -2.35. The van der Waals surface area contributed by atoms with Gasteiger partial charge in [0.25, 0.3) is 5.91 Å². The van der Waals surface area contributed by atoms with E-state index in [1.54, 1.807) is 0 Å². The van der Waals surface area contributed by atoms with Gasteiger partial charge in [0.15, 0.2) is 35.0 Å². The maximum Gasteiger partial charge on any atom is 0.519 e. The number of anilines is 1. The van der Waals surface area contributed by atoms with Gasteiger partial charge in [-0.2, -0.15) is 9.36 Å². The van der Waals surface area contributed by atoms with E-state index in [9.17, 15) is 49.1 Å². The summed E-state index contributed by atoms with van der Waals surface area (Å²) in [7, 11) is 0. The molecule has 0 aliphatic carbocycles. The van der Waals surface area contributed by atoms with Gasteiger partial charge >= 0.3 is 23.9 Å². The van der Waals surface area contributed by atoms with Crippen LogP contribution in [0.5, 0.6) is 0 Å². The summed E-state index contributed by atoms with van der Waals surface area (Å²) in [5, 5.41) is 35.7. The van der Waals surface area contributed by atoms with Crippen LogP contribution in [0.1, 0.15) is 30.2 Å². The van der Waals surface area contributed by atoms with Crippen molar-refractivity contribution >= 4 is 64.0 Å². The van der Waals surface area contributed by atoms with Crippen LogP contribution in [-0.2, 0) is 30.5 Å². The standard InChI is InChI=1S/C26H27N9O13S2/c1-10-14(48-26(43)47-10)8-46-25(42)33-4-3-13(7-33)34-5-2-11(20(34)37)6-12-9-49-21(35(32-45)17(12)23(40)41)16(22(38)39)28-19(36)15(30-44)18-29-24(27)50-31-18/h6,13,16,21,44H,2-5,7-9H2,1H3,(H,28,36)(H,38,39)(H,40,41)(H2,27,29,31)/b11-6?,30-15-/t13-,16+,21-/m1/s1.